The van der Waals surface area contributed by atoms with Crippen LogP contribution in [0.1, 0.15) is 29.1 Å². The molecular weight excluding hydrogens is 288 g/mol. The van der Waals surface area contributed by atoms with Gasteiger partial charge in [0.2, 0.25) is 0 Å². The van der Waals surface area contributed by atoms with Crippen LogP contribution in [0.2, 0.25) is 0 Å². The van der Waals surface area contributed by atoms with Crippen molar-refractivity contribution in [2.45, 2.75) is 19.4 Å². The highest BCUT2D eigenvalue weighted by Crippen LogP contribution is 2.39. The van der Waals surface area contributed by atoms with Crippen LogP contribution < -0.4 is 10.6 Å². The van der Waals surface area contributed by atoms with Crippen LogP contribution in [-0.2, 0) is 4.74 Å². The lowest BCUT2D eigenvalue weighted by molar-refractivity contribution is -0.0275. The SMILES string of the molecule is CN(C)C(=O)c1sc(N2CCOC(C)(C)C2)c(C#N)c1N. The molecule has 1 aliphatic rings. The van der Waals surface area contributed by atoms with E-state index < -0.39 is 0 Å². The number of nitrogens with zero attached hydrogens (tertiary/aromatic N) is 3. The third-order valence-corrected chi connectivity index (χ3v) is 4.61. The fraction of sp³-hybridized carbons (Fsp3) is 0.571. The Labute approximate surface area is 128 Å². The van der Waals surface area contributed by atoms with Crippen molar-refractivity contribution in [1.82, 2.24) is 4.90 Å². The number of carbonyl (C=O) groups is 1. The minimum Gasteiger partial charge on any atom is -0.396 e. The molecule has 2 heterocycles. The predicted molar refractivity (Wildman–Crippen MR) is 83.7 cm³/mol. The van der Waals surface area contributed by atoms with Gasteiger partial charge in [0, 0.05) is 27.2 Å². The molecular formula is C14H20N4O2S. The molecule has 7 heteroatoms. The lowest BCUT2D eigenvalue weighted by Crippen LogP contribution is -2.48. The molecule has 114 valence electrons. The second-order valence-electron chi connectivity index (χ2n) is 5.87. The summed E-state index contributed by atoms with van der Waals surface area (Å²) in [5.74, 6) is -0.173. The zero-order chi connectivity index (χ0) is 15.8. The molecule has 0 aromatic carbocycles. The highest BCUT2D eigenvalue weighted by molar-refractivity contribution is 7.19. The number of thiophene rings is 1. The summed E-state index contributed by atoms with van der Waals surface area (Å²) in [6.45, 7) is 5.96. The molecule has 0 bridgehead atoms. The molecule has 1 aromatic rings. The Balaban J connectivity index is 2.43. The van der Waals surface area contributed by atoms with E-state index in [0.29, 0.717) is 30.1 Å². The normalized spacial score (nSPS) is 17.4. The van der Waals surface area contributed by atoms with Crippen molar-refractivity contribution < 1.29 is 9.53 Å². The van der Waals surface area contributed by atoms with Crippen LogP contribution >= 0.6 is 11.3 Å². The molecule has 1 aliphatic heterocycles. The van der Waals surface area contributed by atoms with Crippen LogP contribution in [0.15, 0.2) is 0 Å². The first-order chi connectivity index (χ1) is 9.76. The Hall–Kier alpha value is -1.78. The van der Waals surface area contributed by atoms with E-state index in [2.05, 4.69) is 11.0 Å². The van der Waals surface area contributed by atoms with Crippen LogP contribution in [0, 0.1) is 11.3 Å². The molecule has 1 fully saturated rings. The fourth-order valence-electron chi connectivity index (χ4n) is 2.31. The van der Waals surface area contributed by atoms with Gasteiger partial charge in [-0.2, -0.15) is 5.26 Å². The second-order valence-corrected chi connectivity index (χ2v) is 6.87. The minimum atomic E-state index is -0.282. The summed E-state index contributed by atoms with van der Waals surface area (Å²) in [5.41, 5.74) is 6.40. The van der Waals surface area contributed by atoms with E-state index in [1.807, 2.05) is 13.8 Å². The Morgan fingerprint density at radius 3 is 2.71 bits per heavy atom. The van der Waals surface area contributed by atoms with Gasteiger partial charge in [0.05, 0.1) is 17.9 Å². The molecule has 6 nitrogen and oxygen atoms in total. The minimum absolute atomic E-state index is 0.173. The van der Waals surface area contributed by atoms with E-state index in [9.17, 15) is 10.1 Å². The molecule has 0 spiro atoms. The molecule has 1 saturated heterocycles. The standard InChI is InChI=1S/C14H20N4O2S/c1-14(2)8-18(5-6-20-14)13-9(7-15)10(16)11(21-13)12(19)17(3)4/h5-6,8,16H2,1-4H3. The van der Waals surface area contributed by atoms with Gasteiger partial charge < -0.3 is 20.3 Å². The maximum atomic E-state index is 12.2. The quantitative estimate of drug-likeness (QED) is 0.895. The Morgan fingerprint density at radius 1 is 1.52 bits per heavy atom. The molecule has 21 heavy (non-hydrogen) atoms. The Morgan fingerprint density at radius 2 is 2.19 bits per heavy atom. The topological polar surface area (TPSA) is 82.6 Å². The van der Waals surface area contributed by atoms with Gasteiger partial charge in [-0.25, -0.2) is 0 Å². The van der Waals surface area contributed by atoms with Crippen molar-refractivity contribution in [3.63, 3.8) is 0 Å². The lowest BCUT2D eigenvalue weighted by Gasteiger charge is -2.38. The van der Waals surface area contributed by atoms with E-state index in [1.165, 1.54) is 16.2 Å². The molecule has 1 amide bonds. The highest BCUT2D eigenvalue weighted by Gasteiger charge is 2.32. The monoisotopic (exact) mass is 308 g/mol. The smallest absolute Gasteiger partial charge is 0.265 e. The lowest BCUT2D eigenvalue weighted by atomic mass is 10.1. The first-order valence-corrected chi connectivity index (χ1v) is 7.51. The van der Waals surface area contributed by atoms with Crippen molar-refractivity contribution >= 4 is 27.9 Å². The first kappa shape index (κ1) is 15.6. The summed E-state index contributed by atoms with van der Waals surface area (Å²) in [6, 6.07) is 2.13. The summed E-state index contributed by atoms with van der Waals surface area (Å²) in [6.07, 6.45) is 0. The third-order valence-electron chi connectivity index (χ3n) is 3.35. The van der Waals surface area contributed by atoms with Crippen LogP contribution in [0.5, 0.6) is 0 Å². The number of hydrogen-bond donors (Lipinski definition) is 1. The number of nitrogen functional groups attached to an aromatic ring is 1. The van der Waals surface area contributed by atoms with Crippen molar-refractivity contribution in [2.24, 2.45) is 0 Å². The summed E-state index contributed by atoms with van der Waals surface area (Å²) < 4.78 is 5.69. The van der Waals surface area contributed by atoms with Gasteiger partial charge >= 0.3 is 0 Å². The average molecular weight is 308 g/mol. The maximum Gasteiger partial charge on any atom is 0.265 e. The zero-order valence-electron chi connectivity index (χ0n) is 12.8. The highest BCUT2D eigenvalue weighted by atomic mass is 32.1. The fourth-order valence-corrected chi connectivity index (χ4v) is 3.53. The summed E-state index contributed by atoms with van der Waals surface area (Å²) in [5, 5.41) is 10.1. The molecule has 0 atom stereocenters. The molecule has 2 rings (SSSR count). The van der Waals surface area contributed by atoms with E-state index in [4.69, 9.17) is 10.5 Å². The number of rotatable bonds is 2. The Bertz CT molecular complexity index is 601. The van der Waals surface area contributed by atoms with E-state index in [1.54, 1.807) is 14.1 Å². The molecule has 1 aromatic heterocycles. The van der Waals surface area contributed by atoms with Crippen molar-refractivity contribution in [3.8, 4) is 6.07 Å². The summed E-state index contributed by atoms with van der Waals surface area (Å²) >= 11 is 1.29. The van der Waals surface area contributed by atoms with Gasteiger partial charge in [0.15, 0.2) is 0 Å². The number of hydrogen-bond acceptors (Lipinski definition) is 6. The molecule has 0 saturated carbocycles. The number of amides is 1. The summed E-state index contributed by atoms with van der Waals surface area (Å²) in [4.78, 5) is 16.1. The van der Waals surface area contributed by atoms with Gasteiger partial charge in [0.1, 0.15) is 21.5 Å². The van der Waals surface area contributed by atoms with Gasteiger partial charge in [-0.05, 0) is 13.8 Å². The van der Waals surface area contributed by atoms with E-state index in [-0.39, 0.29) is 17.2 Å². The van der Waals surface area contributed by atoms with Gasteiger partial charge in [-0.3, -0.25) is 4.79 Å². The van der Waals surface area contributed by atoms with Crippen LogP contribution in [-0.4, -0.2) is 50.2 Å². The largest absolute Gasteiger partial charge is 0.396 e. The average Bonchev–Trinajstić information content (AvgIpc) is 2.73. The number of ether oxygens (including phenoxy) is 1. The van der Waals surface area contributed by atoms with Crippen molar-refractivity contribution in [2.75, 3.05) is 44.4 Å². The molecule has 0 radical (unpaired) electrons. The van der Waals surface area contributed by atoms with Gasteiger partial charge in [-0.1, -0.05) is 0 Å². The first-order valence-electron chi connectivity index (χ1n) is 6.70. The third kappa shape index (κ3) is 2.96. The van der Waals surface area contributed by atoms with Crippen LogP contribution in [0.3, 0.4) is 0 Å². The second kappa shape index (κ2) is 5.54. The number of anilines is 2. The Kier molecular flexibility index (Phi) is 4.12. The zero-order valence-corrected chi connectivity index (χ0v) is 13.6. The number of nitrogens with two attached hydrogens (primary N) is 1. The van der Waals surface area contributed by atoms with Crippen LogP contribution in [0.4, 0.5) is 10.7 Å². The number of morpholine rings is 1. The van der Waals surface area contributed by atoms with Gasteiger partial charge in [-0.15, -0.1) is 11.3 Å². The van der Waals surface area contributed by atoms with Crippen molar-refractivity contribution in [3.05, 3.63) is 10.4 Å². The maximum absolute atomic E-state index is 12.2. The number of carbonyl (C=O) groups excluding carboxylic acids is 1. The molecule has 2 N–H and O–H groups in total. The number of nitriles is 1. The van der Waals surface area contributed by atoms with E-state index in [0.717, 1.165) is 5.00 Å². The molecule has 0 aliphatic carbocycles. The van der Waals surface area contributed by atoms with Crippen LogP contribution in [0.25, 0.3) is 0 Å². The van der Waals surface area contributed by atoms with Crippen molar-refractivity contribution in [1.29, 1.82) is 5.26 Å². The summed E-state index contributed by atoms with van der Waals surface area (Å²) in [7, 11) is 3.34. The van der Waals surface area contributed by atoms with Gasteiger partial charge in [0.25, 0.3) is 5.91 Å². The van der Waals surface area contributed by atoms with E-state index >= 15 is 0 Å². The molecule has 0 unspecified atom stereocenters. The predicted octanol–water partition coefficient (Wildman–Crippen LogP) is 1.52.